The Morgan fingerprint density at radius 2 is 1.64 bits per heavy atom. The van der Waals surface area contributed by atoms with Gasteiger partial charge in [0.15, 0.2) is 11.5 Å². The molecule has 0 aliphatic heterocycles. The smallest absolute Gasteiger partial charge is 0.259 e. The third kappa shape index (κ3) is 6.49. The summed E-state index contributed by atoms with van der Waals surface area (Å²) in [5.41, 5.74) is 0.415. The highest BCUT2D eigenvalue weighted by atomic mass is 35.5. The van der Waals surface area contributed by atoms with E-state index in [4.69, 9.17) is 42.1 Å². The molecular formula is C22H25Cl2N3O6. The number of nitrogens with one attached hydrogen (secondary N) is 1. The molecule has 0 radical (unpaired) electrons. The zero-order valence-electron chi connectivity index (χ0n) is 18.9. The molecule has 1 unspecified atom stereocenters. The zero-order chi connectivity index (χ0) is 24.5. The minimum atomic E-state index is -1.46. The van der Waals surface area contributed by atoms with Gasteiger partial charge in [-0.2, -0.15) is 10.2 Å². The van der Waals surface area contributed by atoms with Crippen LogP contribution in [-0.4, -0.2) is 45.2 Å². The van der Waals surface area contributed by atoms with E-state index in [0.717, 1.165) is 0 Å². The Hall–Kier alpha value is -3.04. The van der Waals surface area contributed by atoms with Crippen molar-refractivity contribution in [1.29, 1.82) is 0 Å². The molecule has 2 rings (SSSR count). The average Bonchev–Trinajstić information content (AvgIpc) is 2.78. The van der Waals surface area contributed by atoms with Crippen molar-refractivity contribution >= 4 is 46.3 Å². The fraction of sp³-hybridized carbons (Fsp3) is 0.364. The fourth-order valence-electron chi connectivity index (χ4n) is 2.77. The lowest BCUT2D eigenvalue weighted by Gasteiger charge is -2.18. The molecule has 0 heterocycles. The number of ketones is 1. The van der Waals surface area contributed by atoms with Crippen LogP contribution in [0, 0.1) is 0 Å². The lowest BCUT2D eigenvalue weighted by Crippen LogP contribution is -2.32. The number of Topliss-reactive ketones (excluding diaryl/α,β-unsaturated/α-hetero) is 1. The van der Waals surface area contributed by atoms with E-state index in [0.29, 0.717) is 30.5 Å². The number of rotatable bonds is 11. The van der Waals surface area contributed by atoms with Gasteiger partial charge in [-0.25, -0.2) is 0 Å². The van der Waals surface area contributed by atoms with Crippen LogP contribution in [0.3, 0.4) is 0 Å². The van der Waals surface area contributed by atoms with Crippen molar-refractivity contribution in [1.82, 2.24) is 0 Å². The normalized spacial score (nSPS) is 11.7. The van der Waals surface area contributed by atoms with Gasteiger partial charge in [0.05, 0.1) is 37.5 Å². The Morgan fingerprint density at radius 3 is 2.21 bits per heavy atom. The first-order chi connectivity index (χ1) is 15.8. The SMILES string of the molecule is CCOc1ccc(Cl)c(OCC)c1NC(=O)C(N=Nc1cc(Cl)c(OC)cc1OC)C(C)=O. The van der Waals surface area contributed by atoms with Crippen LogP contribution in [0.1, 0.15) is 20.8 Å². The third-order valence-electron chi connectivity index (χ3n) is 4.28. The second kappa shape index (κ2) is 12.3. The molecule has 0 spiro atoms. The van der Waals surface area contributed by atoms with Gasteiger partial charge in [0, 0.05) is 6.07 Å². The number of halogens is 2. The minimum Gasteiger partial charge on any atom is -0.495 e. The molecule has 1 N–H and O–H groups in total. The molecule has 33 heavy (non-hydrogen) atoms. The highest BCUT2D eigenvalue weighted by molar-refractivity contribution is 6.33. The number of hydrogen-bond donors (Lipinski definition) is 1. The summed E-state index contributed by atoms with van der Waals surface area (Å²) in [6, 6.07) is 4.70. The van der Waals surface area contributed by atoms with Gasteiger partial charge in [-0.05, 0) is 39.0 Å². The van der Waals surface area contributed by atoms with Gasteiger partial charge in [-0.1, -0.05) is 23.2 Å². The number of benzene rings is 2. The van der Waals surface area contributed by atoms with Crippen molar-refractivity contribution in [2.24, 2.45) is 10.2 Å². The number of hydrogen-bond acceptors (Lipinski definition) is 8. The van der Waals surface area contributed by atoms with Gasteiger partial charge < -0.3 is 24.3 Å². The van der Waals surface area contributed by atoms with Gasteiger partial charge in [0.25, 0.3) is 5.91 Å². The van der Waals surface area contributed by atoms with Crippen LogP contribution in [0.2, 0.25) is 10.0 Å². The molecular weight excluding hydrogens is 473 g/mol. The van der Waals surface area contributed by atoms with Crippen LogP contribution >= 0.6 is 23.2 Å². The number of carbonyl (C=O) groups is 2. The number of anilines is 1. The predicted molar refractivity (Wildman–Crippen MR) is 126 cm³/mol. The third-order valence-corrected chi connectivity index (χ3v) is 4.87. The van der Waals surface area contributed by atoms with E-state index in [2.05, 4.69) is 15.5 Å². The van der Waals surface area contributed by atoms with Gasteiger partial charge >= 0.3 is 0 Å². The van der Waals surface area contributed by atoms with Crippen LogP contribution < -0.4 is 24.3 Å². The van der Waals surface area contributed by atoms with Crippen molar-refractivity contribution in [2.45, 2.75) is 26.8 Å². The molecule has 2 aromatic rings. The van der Waals surface area contributed by atoms with Gasteiger partial charge in [0.2, 0.25) is 6.04 Å². The molecule has 0 aliphatic rings. The van der Waals surface area contributed by atoms with E-state index in [1.165, 1.54) is 33.3 Å². The molecule has 2 aromatic carbocycles. The minimum absolute atomic E-state index is 0.197. The van der Waals surface area contributed by atoms with Gasteiger partial charge in [-0.15, -0.1) is 0 Å². The number of nitrogens with zero attached hydrogens (tertiary/aromatic N) is 2. The second-order valence-corrected chi connectivity index (χ2v) is 7.31. The molecule has 1 amide bonds. The Labute approximate surface area is 202 Å². The van der Waals surface area contributed by atoms with E-state index in [9.17, 15) is 9.59 Å². The van der Waals surface area contributed by atoms with Crippen LogP contribution in [-0.2, 0) is 9.59 Å². The van der Waals surface area contributed by atoms with Crippen LogP contribution in [0.25, 0.3) is 0 Å². The van der Waals surface area contributed by atoms with Crippen molar-refractivity contribution in [3.63, 3.8) is 0 Å². The Morgan fingerprint density at radius 1 is 0.970 bits per heavy atom. The Kier molecular flexibility index (Phi) is 9.74. The second-order valence-electron chi connectivity index (χ2n) is 6.49. The van der Waals surface area contributed by atoms with E-state index in [1.807, 2.05) is 0 Å². The number of amides is 1. The highest BCUT2D eigenvalue weighted by Gasteiger charge is 2.27. The maximum atomic E-state index is 13.0. The number of azo groups is 1. The number of ether oxygens (including phenoxy) is 4. The topological polar surface area (TPSA) is 108 Å². The summed E-state index contributed by atoms with van der Waals surface area (Å²) in [6.07, 6.45) is 0. The summed E-state index contributed by atoms with van der Waals surface area (Å²) in [7, 11) is 2.89. The molecule has 0 bridgehead atoms. The summed E-state index contributed by atoms with van der Waals surface area (Å²) in [5, 5.41) is 11.1. The molecule has 0 saturated carbocycles. The molecule has 0 aliphatic carbocycles. The van der Waals surface area contributed by atoms with E-state index in [1.54, 1.807) is 26.0 Å². The largest absolute Gasteiger partial charge is 0.495 e. The molecule has 178 valence electrons. The zero-order valence-corrected chi connectivity index (χ0v) is 20.4. The summed E-state index contributed by atoms with van der Waals surface area (Å²) < 4.78 is 21.6. The van der Waals surface area contributed by atoms with Crippen LogP contribution in [0.5, 0.6) is 23.0 Å². The standard InChI is InChI=1S/C22H25Cl2N3O6/c1-6-32-16-9-8-13(23)21(33-7-2)20(16)25-22(29)19(12(3)28)27-26-15-10-14(24)17(30-4)11-18(15)31-5/h8-11,19H,6-7H2,1-5H3,(H,25,29). The molecule has 11 heteroatoms. The lowest BCUT2D eigenvalue weighted by atomic mass is 10.2. The summed E-state index contributed by atoms with van der Waals surface area (Å²) in [6.45, 7) is 5.43. The summed E-state index contributed by atoms with van der Waals surface area (Å²) in [5.74, 6) is -0.0411. The van der Waals surface area contributed by atoms with Crippen molar-refractivity contribution in [3.8, 4) is 23.0 Å². The maximum Gasteiger partial charge on any atom is 0.259 e. The van der Waals surface area contributed by atoms with E-state index in [-0.39, 0.29) is 27.2 Å². The van der Waals surface area contributed by atoms with Gasteiger partial charge in [0.1, 0.15) is 28.6 Å². The average molecular weight is 498 g/mol. The molecule has 0 saturated heterocycles. The van der Waals surface area contributed by atoms with Crippen LogP contribution in [0.4, 0.5) is 11.4 Å². The Balaban J connectivity index is 2.41. The van der Waals surface area contributed by atoms with E-state index >= 15 is 0 Å². The molecule has 1 atom stereocenters. The van der Waals surface area contributed by atoms with Crippen LogP contribution in [0.15, 0.2) is 34.5 Å². The van der Waals surface area contributed by atoms with Crippen molar-refractivity contribution in [2.75, 3.05) is 32.8 Å². The first-order valence-corrected chi connectivity index (χ1v) is 10.7. The molecule has 0 fully saturated rings. The van der Waals surface area contributed by atoms with Gasteiger partial charge in [-0.3, -0.25) is 9.59 Å². The Bertz CT molecular complexity index is 1050. The quantitative estimate of drug-likeness (QED) is 0.324. The first kappa shape index (κ1) is 26.2. The highest BCUT2D eigenvalue weighted by Crippen LogP contribution is 2.41. The predicted octanol–water partition coefficient (Wildman–Crippen LogP) is 5.49. The first-order valence-electron chi connectivity index (χ1n) is 9.99. The summed E-state index contributed by atoms with van der Waals surface area (Å²) in [4.78, 5) is 25.2. The monoisotopic (exact) mass is 497 g/mol. The summed E-state index contributed by atoms with van der Waals surface area (Å²) >= 11 is 12.4. The lowest BCUT2D eigenvalue weighted by molar-refractivity contribution is -0.126. The van der Waals surface area contributed by atoms with E-state index < -0.39 is 17.7 Å². The van der Waals surface area contributed by atoms with Crippen molar-refractivity contribution < 1.29 is 28.5 Å². The number of methoxy groups -OCH3 is 2. The fourth-order valence-corrected chi connectivity index (χ4v) is 3.22. The molecule has 9 nitrogen and oxygen atoms in total. The number of carbonyl (C=O) groups excluding carboxylic acids is 2. The maximum absolute atomic E-state index is 13.0. The van der Waals surface area contributed by atoms with Crippen molar-refractivity contribution in [3.05, 3.63) is 34.3 Å². The molecule has 0 aromatic heterocycles.